The summed E-state index contributed by atoms with van der Waals surface area (Å²) in [4.78, 5) is 27.5. The standard InChI is InChI=1S/C20H14N2O5S/c1-2-26-14-8-6-12(7-9-14)16-11-28-19(21-16)15-10-13-4-3-5-17(22(24)25)18(13)27-20(15)23/h3-11H,2H2,1H3. The van der Waals surface area contributed by atoms with Crippen molar-refractivity contribution < 1.29 is 14.1 Å². The molecule has 7 nitrogen and oxygen atoms in total. The Bertz CT molecular complexity index is 1230. The largest absolute Gasteiger partial charge is 0.494 e. The number of ether oxygens (including phenoxy) is 1. The Kier molecular flexibility index (Phi) is 4.62. The van der Waals surface area contributed by atoms with Gasteiger partial charge < -0.3 is 9.15 Å². The van der Waals surface area contributed by atoms with Crippen LogP contribution in [-0.2, 0) is 0 Å². The van der Waals surface area contributed by atoms with Crippen molar-refractivity contribution in [2.75, 3.05) is 6.61 Å². The predicted octanol–water partition coefficient (Wildman–Crippen LogP) is 4.89. The molecular weight excluding hydrogens is 380 g/mol. The number of rotatable bonds is 5. The summed E-state index contributed by atoms with van der Waals surface area (Å²) in [5, 5.41) is 13.9. The summed E-state index contributed by atoms with van der Waals surface area (Å²) >= 11 is 1.31. The number of aromatic nitrogens is 1. The molecule has 0 unspecified atom stereocenters. The second kappa shape index (κ2) is 7.24. The van der Waals surface area contributed by atoms with Crippen LogP contribution >= 0.6 is 11.3 Å². The predicted molar refractivity (Wildman–Crippen MR) is 107 cm³/mol. The van der Waals surface area contributed by atoms with E-state index in [0.29, 0.717) is 17.0 Å². The maximum Gasteiger partial charge on any atom is 0.346 e. The number of para-hydroxylation sites is 1. The van der Waals surface area contributed by atoms with Gasteiger partial charge in [-0.05, 0) is 37.3 Å². The summed E-state index contributed by atoms with van der Waals surface area (Å²) in [6, 6.07) is 13.6. The molecule has 0 saturated heterocycles. The number of nitro benzene ring substituents is 1. The summed E-state index contributed by atoms with van der Waals surface area (Å²) in [5.41, 5.74) is 0.956. The molecule has 28 heavy (non-hydrogen) atoms. The van der Waals surface area contributed by atoms with E-state index in [1.54, 1.807) is 18.2 Å². The van der Waals surface area contributed by atoms with E-state index in [1.807, 2.05) is 36.6 Å². The number of nitro groups is 1. The van der Waals surface area contributed by atoms with Crippen LogP contribution in [0.5, 0.6) is 5.75 Å². The molecule has 0 amide bonds. The Hall–Kier alpha value is -3.52. The Morgan fingerprint density at radius 2 is 2.00 bits per heavy atom. The van der Waals surface area contributed by atoms with Gasteiger partial charge in [-0.15, -0.1) is 11.3 Å². The molecule has 0 atom stereocenters. The van der Waals surface area contributed by atoms with Crippen LogP contribution in [0.25, 0.3) is 32.8 Å². The fourth-order valence-corrected chi connectivity index (χ4v) is 3.67. The summed E-state index contributed by atoms with van der Waals surface area (Å²) < 4.78 is 10.7. The van der Waals surface area contributed by atoms with Gasteiger partial charge >= 0.3 is 11.3 Å². The zero-order valence-electron chi connectivity index (χ0n) is 14.7. The van der Waals surface area contributed by atoms with E-state index in [-0.39, 0.29) is 16.8 Å². The zero-order valence-corrected chi connectivity index (χ0v) is 15.6. The Morgan fingerprint density at radius 3 is 2.71 bits per heavy atom. The third-order valence-corrected chi connectivity index (χ3v) is 5.01. The van der Waals surface area contributed by atoms with E-state index in [1.165, 1.54) is 17.4 Å². The monoisotopic (exact) mass is 394 g/mol. The summed E-state index contributed by atoms with van der Waals surface area (Å²) in [6.45, 7) is 2.51. The van der Waals surface area contributed by atoms with Crippen molar-refractivity contribution in [1.82, 2.24) is 4.98 Å². The maximum absolute atomic E-state index is 12.4. The van der Waals surface area contributed by atoms with Crippen LogP contribution in [0.3, 0.4) is 0 Å². The van der Waals surface area contributed by atoms with Crippen LogP contribution < -0.4 is 10.4 Å². The van der Waals surface area contributed by atoms with Crippen LogP contribution in [0.4, 0.5) is 5.69 Å². The number of non-ortho nitro benzene ring substituents is 1. The molecule has 0 aliphatic heterocycles. The van der Waals surface area contributed by atoms with Crippen LogP contribution in [-0.4, -0.2) is 16.5 Å². The van der Waals surface area contributed by atoms with Crippen molar-refractivity contribution in [3.8, 4) is 27.6 Å². The molecule has 2 heterocycles. The van der Waals surface area contributed by atoms with Gasteiger partial charge in [0, 0.05) is 22.4 Å². The molecule has 2 aromatic heterocycles. The molecule has 0 N–H and O–H groups in total. The van der Waals surface area contributed by atoms with Crippen LogP contribution in [0.15, 0.2) is 63.1 Å². The average Bonchev–Trinajstić information content (AvgIpc) is 3.17. The molecule has 0 fully saturated rings. The first-order valence-corrected chi connectivity index (χ1v) is 9.35. The van der Waals surface area contributed by atoms with Crippen molar-refractivity contribution in [3.63, 3.8) is 0 Å². The van der Waals surface area contributed by atoms with Crippen molar-refractivity contribution in [2.24, 2.45) is 0 Å². The molecule has 0 bridgehead atoms. The minimum atomic E-state index is -0.658. The highest BCUT2D eigenvalue weighted by atomic mass is 32.1. The number of hydrogen-bond donors (Lipinski definition) is 0. The van der Waals surface area contributed by atoms with Gasteiger partial charge in [0.1, 0.15) is 10.8 Å². The second-order valence-corrected chi connectivity index (χ2v) is 6.75. The SMILES string of the molecule is CCOc1ccc(-c2csc(-c3cc4cccc([N+](=O)[O-])c4oc3=O)n2)cc1. The molecule has 0 aliphatic rings. The highest BCUT2D eigenvalue weighted by molar-refractivity contribution is 7.13. The molecule has 4 aromatic rings. The minimum absolute atomic E-state index is 0.0375. The lowest BCUT2D eigenvalue weighted by Gasteiger charge is -2.03. The molecule has 4 rings (SSSR count). The Balaban J connectivity index is 1.74. The Morgan fingerprint density at radius 1 is 1.21 bits per heavy atom. The van der Waals surface area contributed by atoms with E-state index >= 15 is 0 Å². The van der Waals surface area contributed by atoms with E-state index in [4.69, 9.17) is 9.15 Å². The third-order valence-electron chi connectivity index (χ3n) is 4.13. The molecule has 0 spiro atoms. The number of nitrogens with zero attached hydrogens (tertiary/aromatic N) is 2. The molecule has 8 heteroatoms. The first kappa shape index (κ1) is 17.9. The van der Waals surface area contributed by atoms with E-state index in [9.17, 15) is 14.9 Å². The highest BCUT2D eigenvalue weighted by Crippen LogP contribution is 2.31. The molecule has 0 aliphatic carbocycles. The smallest absolute Gasteiger partial charge is 0.346 e. The van der Waals surface area contributed by atoms with Crippen molar-refractivity contribution in [2.45, 2.75) is 6.92 Å². The number of thiazole rings is 1. The lowest BCUT2D eigenvalue weighted by Crippen LogP contribution is -2.03. The van der Waals surface area contributed by atoms with Gasteiger partial charge in [-0.25, -0.2) is 9.78 Å². The molecule has 0 saturated carbocycles. The second-order valence-electron chi connectivity index (χ2n) is 5.90. The summed E-state index contributed by atoms with van der Waals surface area (Å²) in [6.07, 6.45) is 0. The van der Waals surface area contributed by atoms with Gasteiger partial charge in [0.25, 0.3) is 0 Å². The average molecular weight is 394 g/mol. The van der Waals surface area contributed by atoms with Gasteiger partial charge in [0.05, 0.1) is 22.8 Å². The van der Waals surface area contributed by atoms with Crippen LogP contribution in [0.2, 0.25) is 0 Å². The first-order valence-electron chi connectivity index (χ1n) is 8.47. The highest BCUT2D eigenvalue weighted by Gasteiger charge is 2.18. The first-order chi connectivity index (χ1) is 13.6. The summed E-state index contributed by atoms with van der Waals surface area (Å²) in [7, 11) is 0. The normalized spacial score (nSPS) is 10.9. The lowest BCUT2D eigenvalue weighted by molar-refractivity contribution is -0.383. The van der Waals surface area contributed by atoms with Gasteiger partial charge in [-0.1, -0.05) is 12.1 Å². The van der Waals surface area contributed by atoms with Crippen molar-refractivity contribution >= 4 is 28.0 Å². The van der Waals surface area contributed by atoms with Gasteiger partial charge in [0.2, 0.25) is 5.58 Å². The minimum Gasteiger partial charge on any atom is -0.494 e. The van der Waals surface area contributed by atoms with Crippen molar-refractivity contribution in [3.05, 3.63) is 74.4 Å². The molecule has 0 radical (unpaired) electrons. The molecular formula is C20H14N2O5S. The summed E-state index contributed by atoms with van der Waals surface area (Å²) in [5.74, 6) is 0.776. The topological polar surface area (TPSA) is 95.5 Å². The fraction of sp³-hybridized carbons (Fsp3) is 0.100. The maximum atomic E-state index is 12.4. The van der Waals surface area contributed by atoms with E-state index in [0.717, 1.165) is 17.0 Å². The zero-order chi connectivity index (χ0) is 19.7. The van der Waals surface area contributed by atoms with Gasteiger partial charge in [-0.3, -0.25) is 10.1 Å². The fourth-order valence-electron chi connectivity index (χ4n) is 2.84. The number of hydrogen-bond acceptors (Lipinski definition) is 7. The molecule has 2 aromatic carbocycles. The lowest BCUT2D eigenvalue weighted by atomic mass is 10.1. The van der Waals surface area contributed by atoms with Gasteiger partial charge in [-0.2, -0.15) is 0 Å². The number of benzene rings is 2. The van der Waals surface area contributed by atoms with Crippen LogP contribution in [0, 0.1) is 10.1 Å². The quantitative estimate of drug-likeness (QED) is 0.272. The van der Waals surface area contributed by atoms with E-state index in [2.05, 4.69) is 4.98 Å². The van der Waals surface area contributed by atoms with E-state index < -0.39 is 10.5 Å². The Labute approximate surface area is 163 Å². The van der Waals surface area contributed by atoms with Crippen molar-refractivity contribution in [1.29, 1.82) is 0 Å². The molecule has 140 valence electrons. The van der Waals surface area contributed by atoms with Gasteiger partial charge in [0.15, 0.2) is 0 Å². The number of fused-ring (bicyclic) bond motifs is 1. The third kappa shape index (κ3) is 3.25. The van der Waals surface area contributed by atoms with Crippen LogP contribution in [0.1, 0.15) is 6.92 Å².